The van der Waals surface area contributed by atoms with Crippen LogP contribution in [0.15, 0.2) is 30.3 Å². The van der Waals surface area contributed by atoms with E-state index in [2.05, 4.69) is 49.1 Å². The van der Waals surface area contributed by atoms with E-state index in [0.29, 0.717) is 6.04 Å². The summed E-state index contributed by atoms with van der Waals surface area (Å²) in [5.74, 6) is 0.741. The molecule has 2 nitrogen and oxygen atoms in total. The van der Waals surface area contributed by atoms with E-state index < -0.39 is 0 Å². The van der Waals surface area contributed by atoms with Gasteiger partial charge in [-0.05, 0) is 17.9 Å². The molecular weight excluding hydrogens is 198 g/mol. The lowest BCUT2D eigenvalue weighted by atomic mass is 10.0. The van der Waals surface area contributed by atoms with Gasteiger partial charge in [-0.2, -0.15) is 0 Å². The quantitative estimate of drug-likeness (QED) is 0.772. The summed E-state index contributed by atoms with van der Waals surface area (Å²) in [6, 6.07) is 11.2. The number of ether oxygens (including phenoxy) is 1. The van der Waals surface area contributed by atoms with Crippen LogP contribution in [0.1, 0.15) is 25.8 Å². The van der Waals surface area contributed by atoms with Crippen LogP contribution in [0, 0.1) is 5.92 Å². The van der Waals surface area contributed by atoms with Gasteiger partial charge >= 0.3 is 0 Å². The maximum Gasteiger partial charge on any atom is 0.0997 e. The summed E-state index contributed by atoms with van der Waals surface area (Å²) in [5.41, 5.74) is 1.38. The zero-order valence-electron chi connectivity index (χ0n) is 10.2. The fourth-order valence-electron chi connectivity index (χ4n) is 2.27. The van der Waals surface area contributed by atoms with Crippen molar-refractivity contribution in [1.82, 2.24) is 4.90 Å². The van der Waals surface area contributed by atoms with E-state index in [-0.39, 0.29) is 0 Å². The van der Waals surface area contributed by atoms with Gasteiger partial charge in [0, 0.05) is 12.6 Å². The maximum atomic E-state index is 5.57. The van der Waals surface area contributed by atoms with Gasteiger partial charge < -0.3 is 4.74 Å². The lowest BCUT2D eigenvalue weighted by molar-refractivity contribution is 0.133. The number of hydrogen-bond donors (Lipinski definition) is 0. The minimum absolute atomic E-state index is 0.597. The van der Waals surface area contributed by atoms with Crippen molar-refractivity contribution in [1.29, 1.82) is 0 Å². The molecule has 0 spiro atoms. The van der Waals surface area contributed by atoms with Gasteiger partial charge in [0.1, 0.15) is 0 Å². The predicted octanol–water partition coefficient (Wildman–Crippen LogP) is 2.89. The molecule has 2 heteroatoms. The molecule has 16 heavy (non-hydrogen) atoms. The van der Waals surface area contributed by atoms with Crippen LogP contribution < -0.4 is 0 Å². The molecule has 1 unspecified atom stereocenters. The molecule has 0 amide bonds. The molecule has 0 aromatic heterocycles. The van der Waals surface area contributed by atoms with E-state index in [4.69, 9.17) is 4.74 Å². The summed E-state index contributed by atoms with van der Waals surface area (Å²) in [6.45, 7) is 7.24. The van der Waals surface area contributed by atoms with Gasteiger partial charge in [-0.1, -0.05) is 44.2 Å². The van der Waals surface area contributed by atoms with Gasteiger partial charge in [-0.3, -0.25) is 4.90 Å². The summed E-state index contributed by atoms with van der Waals surface area (Å²) < 4.78 is 5.57. The average Bonchev–Trinajstić information content (AvgIpc) is 2.66. The maximum absolute atomic E-state index is 5.57. The topological polar surface area (TPSA) is 12.5 Å². The van der Waals surface area contributed by atoms with Crippen molar-refractivity contribution in [2.75, 3.05) is 13.3 Å². The van der Waals surface area contributed by atoms with Crippen LogP contribution in [0.3, 0.4) is 0 Å². The molecule has 0 saturated carbocycles. The Bertz CT molecular complexity index is 310. The van der Waals surface area contributed by atoms with Gasteiger partial charge in [-0.15, -0.1) is 0 Å². The Morgan fingerprint density at radius 2 is 2.06 bits per heavy atom. The largest absolute Gasteiger partial charge is 0.364 e. The highest BCUT2D eigenvalue weighted by Gasteiger charge is 2.25. The molecule has 1 heterocycles. The second-order valence-electron chi connectivity index (χ2n) is 5.02. The lowest BCUT2D eigenvalue weighted by Crippen LogP contribution is -2.31. The third-order valence-electron chi connectivity index (χ3n) is 3.06. The SMILES string of the molecule is CC(C)CC1COCN1Cc1ccccc1. The number of hydrogen-bond acceptors (Lipinski definition) is 2. The van der Waals surface area contributed by atoms with Gasteiger partial charge in [-0.25, -0.2) is 0 Å². The van der Waals surface area contributed by atoms with Crippen molar-refractivity contribution < 1.29 is 4.74 Å². The van der Waals surface area contributed by atoms with Crippen LogP contribution >= 0.6 is 0 Å². The highest BCUT2D eigenvalue weighted by Crippen LogP contribution is 2.19. The lowest BCUT2D eigenvalue weighted by Gasteiger charge is -2.23. The molecule has 0 bridgehead atoms. The molecule has 1 aromatic carbocycles. The molecule has 1 aliphatic rings. The molecule has 2 rings (SSSR count). The van der Waals surface area contributed by atoms with E-state index in [0.717, 1.165) is 25.8 Å². The zero-order valence-corrected chi connectivity index (χ0v) is 10.2. The second kappa shape index (κ2) is 5.46. The van der Waals surface area contributed by atoms with Crippen LogP contribution in [-0.4, -0.2) is 24.3 Å². The summed E-state index contributed by atoms with van der Waals surface area (Å²) in [6.07, 6.45) is 1.23. The summed E-state index contributed by atoms with van der Waals surface area (Å²) in [5, 5.41) is 0. The smallest absolute Gasteiger partial charge is 0.0997 e. The van der Waals surface area contributed by atoms with Crippen LogP contribution in [-0.2, 0) is 11.3 Å². The van der Waals surface area contributed by atoms with Crippen molar-refractivity contribution in [2.24, 2.45) is 5.92 Å². The Balaban J connectivity index is 1.93. The average molecular weight is 219 g/mol. The molecule has 0 aliphatic carbocycles. The Labute approximate surface area is 98.2 Å². The molecular formula is C14H21NO. The highest BCUT2D eigenvalue weighted by atomic mass is 16.5. The standard InChI is InChI=1S/C14H21NO/c1-12(2)8-14-10-16-11-15(14)9-13-6-4-3-5-7-13/h3-7,12,14H,8-11H2,1-2H3. The molecule has 1 fully saturated rings. The van der Waals surface area contributed by atoms with E-state index in [1.807, 2.05) is 0 Å². The molecule has 1 atom stereocenters. The summed E-state index contributed by atoms with van der Waals surface area (Å²) >= 11 is 0. The minimum Gasteiger partial charge on any atom is -0.364 e. The van der Waals surface area contributed by atoms with E-state index in [1.54, 1.807) is 0 Å². The van der Waals surface area contributed by atoms with Crippen molar-refractivity contribution in [2.45, 2.75) is 32.9 Å². The third kappa shape index (κ3) is 3.06. The first-order chi connectivity index (χ1) is 7.75. The second-order valence-corrected chi connectivity index (χ2v) is 5.02. The normalized spacial score (nSPS) is 21.8. The van der Waals surface area contributed by atoms with Crippen molar-refractivity contribution in [3.05, 3.63) is 35.9 Å². The van der Waals surface area contributed by atoms with Gasteiger partial charge in [0.2, 0.25) is 0 Å². The first kappa shape index (κ1) is 11.6. The molecule has 0 N–H and O–H groups in total. The first-order valence-corrected chi connectivity index (χ1v) is 6.11. The van der Waals surface area contributed by atoms with Gasteiger partial charge in [0.05, 0.1) is 13.3 Å². The fraction of sp³-hybridized carbons (Fsp3) is 0.571. The molecule has 1 aliphatic heterocycles. The van der Waals surface area contributed by atoms with Crippen LogP contribution in [0.5, 0.6) is 0 Å². The van der Waals surface area contributed by atoms with Gasteiger partial charge in [0.15, 0.2) is 0 Å². The number of nitrogens with zero attached hydrogens (tertiary/aromatic N) is 1. The predicted molar refractivity (Wildman–Crippen MR) is 66.0 cm³/mol. The number of rotatable bonds is 4. The Morgan fingerprint density at radius 1 is 1.31 bits per heavy atom. The monoisotopic (exact) mass is 219 g/mol. The summed E-state index contributed by atoms with van der Waals surface area (Å²) in [4.78, 5) is 2.44. The molecule has 0 radical (unpaired) electrons. The molecule has 88 valence electrons. The third-order valence-corrected chi connectivity index (χ3v) is 3.06. The first-order valence-electron chi connectivity index (χ1n) is 6.11. The van der Waals surface area contributed by atoms with E-state index >= 15 is 0 Å². The molecule has 1 saturated heterocycles. The van der Waals surface area contributed by atoms with Crippen LogP contribution in [0.2, 0.25) is 0 Å². The van der Waals surface area contributed by atoms with E-state index in [9.17, 15) is 0 Å². The molecule has 1 aromatic rings. The van der Waals surface area contributed by atoms with Crippen LogP contribution in [0.4, 0.5) is 0 Å². The highest BCUT2D eigenvalue weighted by molar-refractivity contribution is 5.14. The zero-order chi connectivity index (χ0) is 11.4. The number of benzene rings is 1. The minimum atomic E-state index is 0.597. The van der Waals surface area contributed by atoms with Crippen molar-refractivity contribution in [3.63, 3.8) is 0 Å². The van der Waals surface area contributed by atoms with Crippen molar-refractivity contribution in [3.8, 4) is 0 Å². The van der Waals surface area contributed by atoms with E-state index in [1.165, 1.54) is 12.0 Å². The van der Waals surface area contributed by atoms with Gasteiger partial charge in [0.25, 0.3) is 0 Å². The van der Waals surface area contributed by atoms with Crippen molar-refractivity contribution >= 4 is 0 Å². The Kier molecular flexibility index (Phi) is 3.97. The summed E-state index contributed by atoms with van der Waals surface area (Å²) in [7, 11) is 0. The van der Waals surface area contributed by atoms with Crippen LogP contribution in [0.25, 0.3) is 0 Å². The Morgan fingerprint density at radius 3 is 2.75 bits per heavy atom. The fourth-order valence-corrected chi connectivity index (χ4v) is 2.27. The Hall–Kier alpha value is -0.860.